The Morgan fingerprint density at radius 3 is 1.03 bits per heavy atom. The van der Waals surface area contributed by atoms with Crippen LogP contribution in [0.2, 0.25) is 0 Å². The summed E-state index contributed by atoms with van der Waals surface area (Å²) in [7, 11) is 0. The number of carbonyl (C=O) groups is 2. The average molecular weight is 1020 g/mol. The summed E-state index contributed by atoms with van der Waals surface area (Å²) < 4.78 is 5.47. The van der Waals surface area contributed by atoms with Gasteiger partial charge in [0.15, 0.2) is 0 Å². The molecule has 0 aliphatic carbocycles. The number of rotatable bonds is 62. The monoisotopic (exact) mass is 1020 g/mol. The second-order valence-electron chi connectivity index (χ2n) is 22.8. The van der Waals surface area contributed by atoms with Crippen LogP contribution in [0, 0.1) is 0 Å². The van der Waals surface area contributed by atoms with Crippen molar-refractivity contribution in [1.82, 2.24) is 5.32 Å². The smallest absolute Gasteiger partial charge is 0.305 e. The number of allylic oxidation sites excluding steroid dienone is 2. The van der Waals surface area contributed by atoms with Gasteiger partial charge < -0.3 is 20.3 Å². The molecule has 0 fully saturated rings. The number of carbonyl (C=O) groups excluding carboxylic acids is 2. The minimum absolute atomic E-state index is 0.00830. The van der Waals surface area contributed by atoms with E-state index < -0.39 is 12.1 Å². The summed E-state index contributed by atoms with van der Waals surface area (Å²) in [6, 6.07) is -0.538. The van der Waals surface area contributed by atoms with Crippen LogP contribution in [-0.2, 0) is 14.3 Å². The van der Waals surface area contributed by atoms with Crippen molar-refractivity contribution in [1.29, 1.82) is 0 Å². The molecular formula is C66H129NO5. The predicted molar refractivity (Wildman–Crippen MR) is 315 cm³/mol. The lowest BCUT2D eigenvalue weighted by atomic mass is 10.0. The van der Waals surface area contributed by atoms with Crippen molar-refractivity contribution in [3.05, 3.63) is 12.2 Å². The zero-order chi connectivity index (χ0) is 52.2. The molecule has 0 aromatic rings. The number of nitrogens with one attached hydrogen (secondary N) is 1. The number of amides is 1. The third-order valence-electron chi connectivity index (χ3n) is 15.6. The summed E-state index contributed by atoms with van der Waals surface area (Å²) in [6.45, 7) is 4.95. The molecule has 0 aliphatic rings. The first-order valence-corrected chi connectivity index (χ1v) is 32.9. The van der Waals surface area contributed by atoms with E-state index in [2.05, 4.69) is 31.3 Å². The Balaban J connectivity index is 3.34. The maximum absolute atomic E-state index is 12.5. The highest BCUT2D eigenvalue weighted by Gasteiger charge is 2.20. The van der Waals surface area contributed by atoms with Gasteiger partial charge in [-0.2, -0.15) is 0 Å². The Labute approximate surface area is 450 Å². The van der Waals surface area contributed by atoms with Gasteiger partial charge in [0.05, 0.1) is 25.4 Å². The van der Waals surface area contributed by atoms with Crippen LogP contribution in [0.4, 0.5) is 0 Å². The first-order chi connectivity index (χ1) is 35.5. The lowest BCUT2D eigenvalue weighted by molar-refractivity contribution is -0.143. The van der Waals surface area contributed by atoms with Crippen molar-refractivity contribution in [2.75, 3.05) is 13.2 Å². The van der Waals surface area contributed by atoms with Crippen molar-refractivity contribution in [2.24, 2.45) is 0 Å². The van der Waals surface area contributed by atoms with E-state index in [1.54, 1.807) is 0 Å². The molecule has 72 heavy (non-hydrogen) atoms. The van der Waals surface area contributed by atoms with E-state index in [0.29, 0.717) is 25.9 Å². The molecule has 0 saturated heterocycles. The zero-order valence-electron chi connectivity index (χ0n) is 48.9. The molecule has 2 unspecified atom stereocenters. The van der Waals surface area contributed by atoms with Crippen LogP contribution in [0.5, 0.6) is 0 Å². The van der Waals surface area contributed by atoms with Crippen molar-refractivity contribution >= 4 is 11.9 Å². The quantitative estimate of drug-likeness (QED) is 0.0320. The van der Waals surface area contributed by atoms with E-state index in [-0.39, 0.29) is 18.5 Å². The summed E-state index contributed by atoms with van der Waals surface area (Å²) in [4.78, 5) is 24.5. The van der Waals surface area contributed by atoms with Gasteiger partial charge in [0.25, 0.3) is 0 Å². The molecule has 3 N–H and O–H groups in total. The van der Waals surface area contributed by atoms with Gasteiger partial charge in [0.2, 0.25) is 5.91 Å². The Kier molecular flexibility index (Phi) is 60.9. The van der Waals surface area contributed by atoms with Gasteiger partial charge in [-0.15, -0.1) is 0 Å². The maximum atomic E-state index is 12.5. The molecule has 2 atom stereocenters. The van der Waals surface area contributed by atoms with Gasteiger partial charge in [-0.05, 0) is 44.9 Å². The van der Waals surface area contributed by atoms with E-state index >= 15 is 0 Å². The zero-order valence-corrected chi connectivity index (χ0v) is 48.9. The topological polar surface area (TPSA) is 95.9 Å². The maximum Gasteiger partial charge on any atom is 0.305 e. The Bertz CT molecular complexity index is 1080. The fraction of sp³-hybridized carbons (Fsp3) is 0.939. The van der Waals surface area contributed by atoms with Crippen LogP contribution in [-0.4, -0.2) is 47.4 Å². The molecule has 0 saturated carbocycles. The standard InChI is InChI=1S/C66H129NO5/c1-3-5-7-9-11-13-15-16-17-32-35-39-42-46-50-54-58-64(69)63(62-68)67-65(70)59-55-51-47-43-40-36-33-30-28-26-24-22-20-18-19-21-23-25-27-29-31-34-37-41-45-49-53-57-61-72-66(71)60-56-52-48-44-38-14-12-10-8-6-4-2/h10,12,63-64,68-69H,3-9,11,13-62H2,1-2H3,(H,67,70)/b12-10-. The molecule has 6 heteroatoms. The van der Waals surface area contributed by atoms with Crippen molar-refractivity contribution < 1.29 is 24.5 Å². The van der Waals surface area contributed by atoms with E-state index in [9.17, 15) is 19.8 Å². The van der Waals surface area contributed by atoms with Gasteiger partial charge in [-0.3, -0.25) is 9.59 Å². The summed E-state index contributed by atoms with van der Waals surface area (Å²) >= 11 is 0. The lowest BCUT2D eigenvalue weighted by Gasteiger charge is -2.22. The fourth-order valence-corrected chi connectivity index (χ4v) is 10.5. The number of hydrogen-bond donors (Lipinski definition) is 3. The molecule has 0 aromatic carbocycles. The second-order valence-corrected chi connectivity index (χ2v) is 22.8. The number of esters is 1. The molecule has 0 aromatic heterocycles. The molecule has 0 radical (unpaired) electrons. The Hall–Kier alpha value is -1.40. The highest BCUT2D eigenvalue weighted by molar-refractivity contribution is 5.76. The number of hydrogen-bond acceptors (Lipinski definition) is 5. The van der Waals surface area contributed by atoms with Gasteiger partial charge >= 0.3 is 5.97 Å². The minimum Gasteiger partial charge on any atom is -0.466 e. The van der Waals surface area contributed by atoms with Crippen LogP contribution in [0.3, 0.4) is 0 Å². The number of unbranched alkanes of at least 4 members (excludes halogenated alkanes) is 49. The molecule has 428 valence electrons. The molecule has 0 heterocycles. The highest BCUT2D eigenvalue weighted by Crippen LogP contribution is 2.19. The van der Waals surface area contributed by atoms with Crippen LogP contribution in [0.25, 0.3) is 0 Å². The van der Waals surface area contributed by atoms with E-state index in [1.807, 2.05) is 0 Å². The van der Waals surface area contributed by atoms with Crippen molar-refractivity contribution in [3.8, 4) is 0 Å². The number of ether oxygens (including phenoxy) is 1. The molecule has 0 rings (SSSR count). The highest BCUT2D eigenvalue weighted by atomic mass is 16.5. The first kappa shape index (κ1) is 70.6. The van der Waals surface area contributed by atoms with Crippen molar-refractivity contribution in [2.45, 2.75) is 386 Å². The Morgan fingerprint density at radius 2 is 0.667 bits per heavy atom. The summed E-state index contributed by atoms with van der Waals surface area (Å²) in [5.41, 5.74) is 0. The van der Waals surface area contributed by atoms with E-state index in [0.717, 1.165) is 44.9 Å². The molecule has 1 amide bonds. The van der Waals surface area contributed by atoms with Gasteiger partial charge in [0, 0.05) is 12.8 Å². The molecule has 0 aliphatic heterocycles. The summed E-state index contributed by atoms with van der Waals surface area (Å²) in [5, 5.41) is 23.3. The normalized spacial score (nSPS) is 12.6. The predicted octanol–water partition coefficient (Wildman–Crippen LogP) is 20.8. The lowest BCUT2D eigenvalue weighted by Crippen LogP contribution is -2.45. The number of aliphatic hydroxyl groups is 2. The van der Waals surface area contributed by atoms with Gasteiger partial charge in [0.1, 0.15) is 0 Å². The molecule has 0 spiro atoms. The largest absolute Gasteiger partial charge is 0.466 e. The number of aliphatic hydroxyl groups excluding tert-OH is 2. The fourth-order valence-electron chi connectivity index (χ4n) is 10.5. The van der Waals surface area contributed by atoms with Gasteiger partial charge in [-0.25, -0.2) is 0 Å². The van der Waals surface area contributed by atoms with Crippen LogP contribution < -0.4 is 5.32 Å². The first-order valence-electron chi connectivity index (χ1n) is 32.9. The minimum atomic E-state index is -0.661. The summed E-state index contributed by atoms with van der Waals surface area (Å²) in [6.07, 6.45) is 75.3. The molecule has 0 bridgehead atoms. The van der Waals surface area contributed by atoms with Gasteiger partial charge in [-0.1, -0.05) is 328 Å². The van der Waals surface area contributed by atoms with Crippen molar-refractivity contribution in [3.63, 3.8) is 0 Å². The van der Waals surface area contributed by atoms with E-state index in [4.69, 9.17) is 4.74 Å². The third kappa shape index (κ3) is 57.9. The third-order valence-corrected chi connectivity index (χ3v) is 15.6. The van der Waals surface area contributed by atoms with Crippen LogP contribution >= 0.6 is 0 Å². The SMILES string of the molecule is CCCC/C=C\CCCCCCCC(=O)OCCCCCCCCCCCCCCCCCCCCCCCCCCCCCCC(=O)NC(CO)C(O)CCCCCCCCCCCCCCCCCC. The van der Waals surface area contributed by atoms with E-state index in [1.165, 1.54) is 295 Å². The Morgan fingerprint density at radius 1 is 0.375 bits per heavy atom. The summed E-state index contributed by atoms with van der Waals surface area (Å²) in [5.74, 6) is -0.0203. The molecule has 6 nitrogen and oxygen atoms in total. The van der Waals surface area contributed by atoms with Crippen LogP contribution in [0.15, 0.2) is 12.2 Å². The van der Waals surface area contributed by atoms with Crippen LogP contribution in [0.1, 0.15) is 373 Å². The second kappa shape index (κ2) is 62.1. The average Bonchev–Trinajstić information content (AvgIpc) is 3.38. The molecular weight excluding hydrogens is 887 g/mol.